The van der Waals surface area contributed by atoms with Gasteiger partial charge in [-0.05, 0) is 32.0 Å². The molecule has 1 aromatic rings. The third-order valence-electron chi connectivity index (χ3n) is 5.24. The van der Waals surface area contributed by atoms with Crippen LogP contribution in [0.5, 0.6) is 5.75 Å². The van der Waals surface area contributed by atoms with Crippen molar-refractivity contribution in [3.8, 4) is 5.75 Å². The minimum absolute atomic E-state index is 0.116. The molecule has 0 aliphatic carbocycles. The average Bonchev–Trinajstić information content (AvgIpc) is 2.81. The number of fused-ring (bicyclic) bond motifs is 4. The third-order valence-corrected chi connectivity index (χ3v) is 5.24. The average molecular weight is 259 g/mol. The molecule has 2 bridgehead atoms. The molecular formula is C16H21NO2. The second-order valence-corrected chi connectivity index (χ2v) is 6.46. The summed E-state index contributed by atoms with van der Waals surface area (Å²) in [4.78, 5) is 2.52. The molecule has 3 heteroatoms. The predicted octanol–water partition coefficient (Wildman–Crippen LogP) is 2.28. The lowest BCUT2D eigenvalue weighted by Crippen LogP contribution is -2.53. The summed E-state index contributed by atoms with van der Waals surface area (Å²) in [5.74, 6) is 1.50. The van der Waals surface area contributed by atoms with Gasteiger partial charge >= 0.3 is 0 Å². The van der Waals surface area contributed by atoms with Crippen molar-refractivity contribution in [2.75, 3.05) is 19.6 Å². The van der Waals surface area contributed by atoms with Crippen molar-refractivity contribution < 1.29 is 9.84 Å². The van der Waals surface area contributed by atoms with Crippen LogP contribution in [0.3, 0.4) is 0 Å². The normalized spacial score (nSPS) is 40.0. The van der Waals surface area contributed by atoms with Crippen molar-refractivity contribution in [2.24, 2.45) is 5.92 Å². The zero-order valence-corrected chi connectivity index (χ0v) is 11.4. The van der Waals surface area contributed by atoms with Gasteiger partial charge in [0.2, 0.25) is 0 Å². The number of hydrogen-bond donors (Lipinski definition) is 1. The SMILES string of the molecule is Cc1ccc2c(c1)C(O)CC1(CCN3CCC1C3)O2. The molecule has 3 aliphatic rings. The fourth-order valence-electron chi connectivity index (χ4n) is 4.14. The van der Waals surface area contributed by atoms with Gasteiger partial charge in [-0.1, -0.05) is 11.6 Å². The summed E-state index contributed by atoms with van der Waals surface area (Å²) in [6.07, 6.45) is 2.67. The molecule has 0 aromatic heterocycles. The number of benzene rings is 1. The van der Waals surface area contributed by atoms with E-state index in [4.69, 9.17) is 4.74 Å². The first-order chi connectivity index (χ1) is 9.16. The monoisotopic (exact) mass is 259 g/mol. The van der Waals surface area contributed by atoms with Crippen molar-refractivity contribution in [2.45, 2.75) is 37.9 Å². The van der Waals surface area contributed by atoms with Crippen molar-refractivity contribution >= 4 is 0 Å². The topological polar surface area (TPSA) is 32.7 Å². The van der Waals surface area contributed by atoms with Crippen LogP contribution in [0.2, 0.25) is 0 Å². The molecule has 3 heterocycles. The van der Waals surface area contributed by atoms with Gasteiger partial charge in [0, 0.05) is 37.4 Å². The Labute approximate surface area is 114 Å². The second kappa shape index (κ2) is 3.97. The first kappa shape index (κ1) is 11.7. The molecule has 19 heavy (non-hydrogen) atoms. The Morgan fingerprint density at radius 2 is 2.26 bits per heavy atom. The van der Waals surface area contributed by atoms with Gasteiger partial charge < -0.3 is 14.7 Å². The Kier molecular flexibility index (Phi) is 2.45. The molecule has 2 fully saturated rings. The van der Waals surface area contributed by atoms with E-state index >= 15 is 0 Å². The number of aliphatic hydroxyl groups is 1. The molecule has 0 amide bonds. The van der Waals surface area contributed by atoms with Crippen molar-refractivity contribution in [3.05, 3.63) is 29.3 Å². The molecule has 1 N–H and O–H groups in total. The Bertz CT molecular complexity index is 515. The molecule has 102 valence electrons. The van der Waals surface area contributed by atoms with E-state index in [1.807, 2.05) is 6.07 Å². The first-order valence-electron chi connectivity index (χ1n) is 7.36. The fourth-order valence-corrected chi connectivity index (χ4v) is 4.14. The quantitative estimate of drug-likeness (QED) is 0.776. The lowest BCUT2D eigenvalue weighted by atomic mass is 9.75. The number of nitrogens with zero attached hydrogens (tertiary/aromatic N) is 1. The number of aliphatic hydroxyl groups excluding tert-OH is 1. The summed E-state index contributed by atoms with van der Waals surface area (Å²) in [7, 11) is 0. The number of piperidine rings is 1. The highest BCUT2D eigenvalue weighted by molar-refractivity contribution is 5.41. The van der Waals surface area contributed by atoms with Crippen LogP contribution in [0.25, 0.3) is 0 Å². The maximum atomic E-state index is 10.5. The third kappa shape index (κ3) is 1.72. The summed E-state index contributed by atoms with van der Waals surface area (Å²) in [5, 5.41) is 10.5. The second-order valence-electron chi connectivity index (χ2n) is 6.46. The standard InChI is InChI=1S/C16H21NO2/c1-11-2-3-15-13(8-11)14(18)9-16(19-15)5-7-17-6-4-12(16)10-17/h2-3,8,12,14,18H,4-7,9-10H2,1H3. The molecule has 3 aliphatic heterocycles. The molecule has 4 atom stereocenters. The molecule has 4 unspecified atom stereocenters. The summed E-state index contributed by atoms with van der Waals surface area (Å²) in [6.45, 7) is 5.53. The summed E-state index contributed by atoms with van der Waals surface area (Å²) < 4.78 is 6.43. The Hall–Kier alpha value is -1.06. The van der Waals surface area contributed by atoms with E-state index in [2.05, 4.69) is 24.0 Å². The van der Waals surface area contributed by atoms with Gasteiger partial charge in [-0.2, -0.15) is 0 Å². The van der Waals surface area contributed by atoms with Gasteiger partial charge in [-0.15, -0.1) is 0 Å². The van der Waals surface area contributed by atoms with Crippen LogP contribution in [0, 0.1) is 12.8 Å². The van der Waals surface area contributed by atoms with E-state index in [1.54, 1.807) is 0 Å². The van der Waals surface area contributed by atoms with Crippen molar-refractivity contribution in [3.63, 3.8) is 0 Å². The molecule has 2 saturated heterocycles. The zero-order chi connectivity index (χ0) is 13.0. The zero-order valence-electron chi connectivity index (χ0n) is 11.4. The van der Waals surface area contributed by atoms with Crippen LogP contribution in [-0.2, 0) is 0 Å². The van der Waals surface area contributed by atoms with Gasteiger partial charge in [-0.3, -0.25) is 0 Å². The smallest absolute Gasteiger partial charge is 0.125 e. The molecule has 0 radical (unpaired) electrons. The van der Waals surface area contributed by atoms with Gasteiger partial charge in [0.15, 0.2) is 0 Å². The molecule has 0 saturated carbocycles. The van der Waals surface area contributed by atoms with Crippen molar-refractivity contribution in [1.29, 1.82) is 0 Å². The number of hydrogen-bond acceptors (Lipinski definition) is 3. The van der Waals surface area contributed by atoms with Gasteiger partial charge in [-0.25, -0.2) is 0 Å². The number of aryl methyl sites for hydroxylation is 1. The van der Waals surface area contributed by atoms with E-state index in [9.17, 15) is 5.11 Å². The molecule has 3 nitrogen and oxygen atoms in total. The Morgan fingerprint density at radius 3 is 3.16 bits per heavy atom. The van der Waals surface area contributed by atoms with Crippen LogP contribution in [0.15, 0.2) is 18.2 Å². The van der Waals surface area contributed by atoms with Crippen molar-refractivity contribution in [1.82, 2.24) is 4.90 Å². The lowest BCUT2D eigenvalue weighted by molar-refractivity contribution is -0.0736. The highest BCUT2D eigenvalue weighted by Crippen LogP contribution is 2.49. The lowest BCUT2D eigenvalue weighted by Gasteiger charge is -2.47. The number of ether oxygens (including phenoxy) is 1. The summed E-state index contributed by atoms with van der Waals surface area (Å²) in [6, 6.07) is 6.18. The minimum atomic E-state index is -0.365. The van der Waals surface area contributed by atoms with E-state index < -0.39 is 0 Å². The molecular weight excluding hydrogens is 238 g/mol. The highest BCUT2D eigenvalue weighted by atomic mass is 16.5. The van der Waals surface area contributed by atoms with Gasteiger partial charge in [0.25, 0.3) is 0 Å². The highest BCUT2D eigenvalue weighted by Gasteiger charge is 2.51. The fraction of sp³-hybridized carbons (Fsp3) is 0.625. The molecule has 1 aromatic carbocycles. The first-order valence-corrected chi connectivity index (χ1v) is 7.36. The Balaban J connectivity index is 1.72. The van der Waals surface area contributed by atoms with Crippen LogP contribution < -0.4 is 4.74 Å². The molecule has 1 spiro atoms. The van der Waals surface area contributed by atoms with Crippen LogP contribution in [-0.4, -0.2) is 35.2 Å². The molecule has 4 rings (SSSR count). The maximum absolute atomic E-state index is 10.5. The summed E-state index contributed by atoms with van der Waals surface area (Å²) in [5.41, 5.74) is 2.05. The van der Waals surface area contributed by atoms with E-state index in [0.717, 1.165) is 37.2 Å². The van der Waals surface area contributed by atoms with E-state index in [1.165, 1.54) is 18.5 Å². The van der Waals surface area contributed by atoms with Crippen LogP contribution in [0.4, 0.5) is 0 Å². The predicted molar refractivity (Wildman–Crippen MR) is 73.3 cm³/mol. The van der Waals surface area contributed by atoms with E-state index in [-0.39, 0.29) is 11.7 Å². The van der Waals surface area contributed by atoms with Crippen LogP contribution >= 0.6 is 0 Å². The summed E-state index contributed by atoms with van der Waals surface area (Å²) >= 11 is 0. The largest absolute Gasteiger partial charge is 0.486 e. The van der Waals surface area contributed by atoms with Gasteiger partial charge in [0.05, 0.1) is 6.10 Å². The van der Waals surface area contributed by atoms with Crippen LogP contribution in [0.1, 0.15) is 36.5 Å². The number of rotatable bonds is 0. The van der Waals surface area contributed by atoms with E-state index in [0.29, 0.717) is 5.92 Å². The van der Waals surface area contributed by atoms with Gasteiger partial charge in [0.1, 0.15) is 11.4 Å². The minimum Gasteiger partial charge on any atom is -0.486 e. The maximum Gasteiger partial charge on any atom is 0.125 e. The Morgan fingerprint density at radius 1 is 1.37 bits per heavy atom.